The molecule has 142 valence electrons. The second kappa shape index (κ2) is 8.92. The smallest absolute Gasteiger partial charge is 0.317 e. The molecule has 0 spiro atoms. The van der Waals surface area contributed by atoms with Crippen LogP contribution in [-0.2, 0) is 11.3 Å². The standard InChI is InChI=1S/C20H29N3O3/c1-2-12-26-18-5-3-4-15(13-18)14-21-20(25)23-10-8-16(9-11-23)19(24)22-17-6-7-17/h3-5,13,16-17H,2,6-12,14H2,1H3,(H,21,25)(H,22,24). The molecular weight excluding hydrogens is 330 g/mol. The van der Waals surface area contributed by atoms with Gasteiger partial charge in [-0.3, -0.25) is 4.79 Å². The second-order valence-corrected chi connectivity index (χ2v) is 7.20. The molecule has 0 bridgehead atoms. The Morgan fingerprint density at radius 3 is 2.65 bits per heavy atom. The molecule has 1 aromatic carbocycles. The molecule has 2 N–H and O–H groups in total. The van der Waals surface area contributed by atoms with Gasteiger partial charge in [0.25, 0.3) is 0 Å². The molecule has 0 atom stereocenters. The minimum absolute atomic E-state index is 0.0482. The van der Waals surface area contributed by atoms with E-state index in [2.05, 4.69) is 17.6 Å². The molecule has 1 aromatic rings. The molecule has 0 unspecified atom stereocenters. The highest BCUT2D eigenvalue weighted by Gasteiger charge is 2.30. The average Bonchev–Trinajstić information content (AvgIpc) is 3.49. The fourth-order valence-corrected chi connectivity index (χ4v) is 3.15. The Kier molecular flexibility index (Phi) is 6.36. The summed E-state index contributed by atoms with van der Waals surface area (Å²) < 4.78 is 5.62. The molecule has 3 rings (SSSR count). The van der Waals surface area contributed by atoms with Crippen molar-refractivity contribution in [1.29, 1.82) is 0 Å². The van der Waals surface area contributed by atoms with Crippen LogP contribution in [0.15, 0.2) is 24.3 Å². The number of ether oxygens (including phenoxy) is 1. The van der Waals surface area contributed by atoms with E-state index in [0.29, 0.717) is 32.3 Å². The number of carbonyl (C=O) groups is 2. The van der Waals surface area contributed by atoms with E-state index >= 15 is 0 Å². The third-order valence-electron chi connectivity index (χ3n) is 4.89. The minimum Gasteiger partial charge on any atom is -0.494 e. The summed E-state index contributed by atoms with van der Waals surface area (Å²) in [6, 6.07) is 8.15. The quantitative estimate of drug-likeness (QED) is 0.786. The highest BCUT2D eigenvalue weighted by Crippen LogP contribution is 2.22. The molecule has 2 fully saturated rings. The Hall–Kier alpha value is -2.24. The number of nitrogens with one attached hydrogen (secondary N) is 2. The first kappa shape index (κ1) is 18.5. The largest absolute Gasteiger partial charge is 0.494 e. The highest BCUT2D eigenvalue weighted by molar-refractivity contribution is 5.80. The summed E-state index contributed by atoms with van der Waals surface area (Å²) >= 11 is 0. The number of piperidine rings is 1. The Labute approximate surface area is 155 Å². The SMILES string of the molecule is CCCOc1cccc(CNC(=O)N2CCC(C(=O)NC3CC3)CC2)c1. The van der Waals surface area contributed by atoms with Crippen LogP contribution in [0.5, 0.6) is 5.75 Å². The molecular formula is C20H29N3O3. The molecule has 6 nitrogen and oxygen atoms in total. The average molecular weight is 359 g/mol. The number of likely N-dealkylation sites (tertiary alicyclic amines) is 1. The van der Waals surface area contributed by atoms with Crippen molar-refractivity contribution >= 4 is 11.9 Å². The van der Waals surface area contributed by atoms with E-state index < -0.39 is 0 Å². The molecule has 1 aliphatic carbocycles. The van der Waals surface area contributed by atoms with Crippen molar-refractivity contribution in [2.24, 2.45) is 5.92 Å². The molecule has 2 aliphatic rings. The van der Waals surface area contributed by atoms with Gasteiger partial charge in [-0.15, -0.1) is 0 Å². The van der Waals surface area contributed by atoms with Crippen LogP contribution < -0.4 is 15.4 Å². The summed E-state index contributed by atoms with van der Waals surface area (Å²) in [6.45, 7) is 4.51. The summed E-state index contributed by atoms with van der Waals surface area (Å²) in [4.78, 5) is 26.3. The first-order valence-corrected chi connectivity index (χ1v) is 9.70. The van der Waals surface area contributed by atoms with Crippen molar-refractivity contribution in [3.63, 3.8) is 0 Å². The monoisotopic (exact) mass is 359 g/mol. The second-order valence-electron chi connectivity index (χ2n) is 7.20. The summed E-state index contributed by atoms with van der Waals surface area (Å²) in [5.74, 6) is 1.05. The lowest BCUT2D eigenvalue weighted by Gasteiger charge is -2.31. The van der Waals surface area contributed by atoms with Crippen LogP contribution in [0.4, 0.5) is 4.79 Å². The number of rotatable bonds is 7. The lowest BCUT2D eigenvalue weighted by atomic mass is 9.96. The molecule has 0 aromatic heterocycles. The van der Waals surface area contributed by atoms with Crippen molar-refractivity contribution in [2.75, 3.05) is 19.7 Å². The van der Waals surface area contributed by atoms with Crippen molar-refractivity contribution < 1.29 is 14.3 Å². The molecule has 3 amide bonds. The predicted molar refractivity (Wildman–Crippen MR) is 99.9 cm³/mol. The first-order valence-electron chi connectivity index (χ1n) is 9.70. The van der Waals surface area contributed by atoms with Gasteiger partial charge in [-0.1, -0.05) is 19.1 Å². The zero-order valence-corrected chi connectivity index (χ0v) is 15.5. The van der Waals surface area contributed by atoms with Crippen LogP contribution in [-0.4, -0.2) is 42.6 Å². The van der Waals surface area contributed by atoms with Gasteiger partial charge in [-0.05, 0) is 49.8 Å². The van der Waals surface area contributed by atoms with Gasteiger partial charge in [0.05, 0.1) is 6.61 Å². The lowest BCUT2D eigenvalue weighted by molar-refractivity contribution is -0.126. The van der Waals surface area contributed by atoms with Gasteiger partial charge in [0, 0.05) is 31.6 Å². The van der Waals surface area contributed by atoms with Gasteiger partial charge >= 0.3 is 6.03 Å². The van der Waals surface area contributed by atoms with Crippen LogP contribution in [0.3, 0.4) is 0 Å². The molecule has 1 saturated carbocycles. The molecule has 6 heteroatoms. The number of hydrogen-bond donors (Lipinski definition) is 2. The zero-order valence-electron chi connectivity index (χ0n) is 15.5. The Bertz CT molecular complexity index is 622. The van der Waals surface area contributed by atoms with E-state index in [1.54, 1.807) is 4.90 Å². The van der Waals surface area contributed by atoms with Gasteiger partial charge < -0.3 is 20.3 Å². The van der Waals surface area contributed by atoms with E-state index in [1.807, 2.05) is 24.3 Å². The van der Waals surface area contributed by atoms with Crippen LogP contribution in [0.2, 0.25) is 0 Å². The number of benzene rings is 1. The topological polar surface area (TPSA) is 70.7 Å². The van der Waals surface area contributed by atoms with Gasteiger partial charge in [0.1, 0.15) is 5.75 Å². The Balaban J connectivity index is 1.40. The van der Waals surface area contributed by atoms with Crippen molar-refractivity contribution in [3.8, 4) is 5.75 Å². The third kappa shape index (κ3) is 5.38. The Morgan fingerprint density at radius 1 is 1.19 bits per heavy atom. The number of urea groups is 1. The summed E-state index contributed by atoms with van der Waals surface area (Å²) in [5, 5.41) is 6.03. The molecule has 1 aliphatic heterocycles. The summed E-state index contributed by atoms with van der Waals surface area (Å²) in [6.07, 6.45) is 4.67. The van der Waals surface area contributed by atoms with Crippen molar-refractivity contribution in [3.05, 3.63) is 29.8 Å². The minimum atomic E-state index is -0.0640. The molecule has 26 heavy (non-hydrogen) atoms. The summed E-state index contributed by atoms with van der Waals surface area (Å²) in [5.41, 5.74) is 1.02. The van der Waals surface area contributed by atoms with Gasteiger partial charge in [-0.2, -0.15) is 0 Å². The maximum Gasteiger partial charge on any atom is 0.317 e. The van der Waals surface area contributed by atoms with Gasteiger partial charge in [0.15, 0.2) is 0 Å². The highest BCUT2D eigenvalue weighted by atomic mass is 16.5. The fraction of sp³-hybridized carbons (Fsp3) is 0.600. The zero-order chi connectivity index (χ0) is 18.4. The summed E-state index contributed by atoms with van der Waals surface area (Å²) in [7, 11) is 0. The predicted octanol–water partition coefficient (Wildman–Crippen LogP) is 2.68. The maximum absolute atomic E-state index is 12.4. The van der Waals surface area contributed by atoms with E-state index in [-0.39, 0.29) is 17.9 Å². The maximum atomic E-state index is 12.4. The third-order valence-corrected chi connectivity index (χ3v) is 4.89. The van der Waals surface area contributed by atoms with Crippen molar-refractivity contribution in [2.45, 2.75) is 51.6 Å². The number of hydrogen-bond acceptors (Lipinski definition) is 3. The lowest BCUT2D eigenvalue weighted by Crippen LogP contribution is -2.46. The number of amides is 3. The van der Waals surface area contributed by atoms with E-state index in [0.717, 1.165) is 43.4 Å². The number of nitrogens with zero attached hydrogens (tertiary/aromatic N) is 1. The van der Waals surface area contributed by atoms with Crippen LogP contribution in [0.25, 0.3) is 0 Å². The molecule has 1 saturated heterocycles. The van der Waals surface area contributed by atoms with E-state index in [1.165, 1.54) is 0 Å². The normalized spacial score (nSPS) is 17.7. The molecule has 0 radical (unpaired) electrons. The fourth-order valence-electron chi connectivity index (χ4n) is 3.15. The molecule has 1 heterocycles. The van der Waals surface area contributed by atoms with Crippen LogP contribution >= 0.6 is 0 Å². The Morgan fingerprint density at radius 2 is 1.96 bits per heavy atom. The first-order chi connectivity index (χ1) is 12.7. The number of carbonyl (C=O) groups excluding carboxylic acids is 2. The van der Waals surface area contributed by atoms with E-state index in [4.69, 9.17) is 4.74 Å². The van der Waals surface area contributed by atoms with Gasteiger partial charge in [0.2, 0.25) is 5.91 Å². The van der Waals surface area contributed by atoms with Crippen LogP contribution in [0, 0.1) is 5.92 Å². The van der Waals surface area contributed by atoms with Crippen molar-refractivity contribution in [1.82, 2.24) is 15.5 Å². The van der Waals surface area contributed by atoms with E-state index in [9.17, 15) is 9.59 Å². The van der Waals surface area contributed by atoms with Gasteiger partial charge in [-0.25, -0.2) is 4.79 Å². The van der Waals surface area contributed by atoms with Crippen LogP contribution in [0.1, 0.15) is 44.6 Å².